The summed E-state index contributed by atoms with van der Waals surface area (Å²) in [6.45, 7) is 10.6. The van der Waals surface area contributed by atoms with E-state index >= 15 is 0 Å². The van der Waals surface area contributed by atoms with E-state index in [-0.39, 0.29) is 17.5 Å². The molecule has 0 radical (unpaired) electrons. The van der Waals surface area contributed by atoms with Crippen molar-refractivity contribution in [1.82, 2.24) is 9.88 Å². The number of carbonyl (C=O) groups excluding carboxylic acids is 1. The first-order valence-corrected chi connectivity index (χ1v) is 9.67. The Labute approximate surface area is 166 Å². The predicted octanol–water partition coefficient (Wildman–Crippen LogP) is 4.78. The smallest absolute Gasteiger partial charge is 0.322 e. The van der Waals surface area contributed by atoms with E-state index in [1.54, 1.807) is 6.20 Å². The van der Waals surface area contributed by atoms with Crippen LogP contribution in [-0.2, 0) is 5.41 Å². The first-order valence-electron chi connectivity index (χ1n) is 9.29. The molecule has 1 aromatic heterocycles. The van der Waals surface area contributed by atoms with Crippen LogP contribution >= 0.6 is 11.6 Å². The minimum atomic E-state index is -0.0715. The number of benzene rings is 1. The summed E-state index contributed by atoms with van der Waals surface area (Å²) in [4.78, 5) is 21.1. The van der Waals surface area contributed by atoms with Crippen LogP contribution in [0.3, 0.4) is 0 Å². The number of nitrogens with zero attached hydrogens (tertiary/aromatic N) is 3. The van der Waals surface area contributed by atoms with Gasteiger partial charge in [0.1, 0.15) is 5.82 Å². The summed E-state index contributed by atoms with van der Waals surface area (Å²) in [6, 6.07) is 11.7. The zero-order valence-corrected chi connectivity index (χ0v) is 17.1. The van der Waals surface area contributed by atoms with Crippen LogP contribution in [-0.4, -0.2) is 41.6 Å². The summed E-state index contributed by atoms with van der Waals surface area (Å²) < 4.78 is 0. The van der Waals surface area contributed by atoms with Gasteiger partial charge >= 0.3 is 6.03 Å². The Balaban J connectivity index is 1.62. The third kappa shape index (κ3) is 4.53. The SMILES string of the molecule is C[C@H]1CN(c2ncccc2Cl)CCN1C(=O)Nc1ccc(C(C)(C)C)cc1. The van der Waals surface area contributed by atoms with Crippen LogP contribution in [0, 0.1) is 0 Å². The van der Waals surface area contributed by atoms with Gasteiger partial charge < -0.3 is 15.1 Å². The van der Waals surface area contributed by atoms with Gasteiger partial charge in [0.2, 0.25) is 0 Å². The van der Waals surface area contributed by atoms with Crippen molar-refractivity contribution in [2.24, 2.45) is 0 Å². The number of nitrogens with one attached hydrogen (secondary N) is 1. The van der Waals surface area contributed by atoms with Crippen LogP contribution in [0.4, 0.5) is 16.3 Å². The van der Waals surface area contributed by atoms with Crippen LogP contribution in [0.2, 0.25) is 5.02 Å². The summed E-state index contributed by atoms with van der Waals surface area (Å²) >= 11 is 6.26. The van der Waals surface area contributed by atoms with Gasteiger partial charge in [-0.05, 0) is 42.2 Å². The van der Waals surface area contributed by atoms with E-state index in [1.807, 2.05) is 36.1 Å². The molecule has 1 aromatic carbocycles. The largest absolute Gasteiger partial charge is 0.352 e. The van der Waals surface area contributed by atoms with Crippen molar-refractivity contribution in [3.63, 3.8) is 0 Å². The van der Waals surface area contributed by atoms with Crippen LogP contribution in [0.25, 0.3) is 0 Å². The van der Waals surface area contributed by atoms with Crippen molar-refractivity contribution in [1.29, 1.82) is 0 Å². The van der Waals surface area contributed by atoms with Gasteiger partial charge in [-0.1, -0.05) is 44.5 Å². The fourth-order valence-corrected chi connectivity index (χ4v) is 3.55. The molecule has 2 heterocycles. The number of rotatable bonds is 2. The molecule has 0 aliphatic carbocycles. The van der Waals surface area contributed by atoms with E-state index in [1.165, 1.54) is 5.56 Å². The van der Waals surface area contributed by atoms with Gasteiger partial charge in [0, 0.05) is 37.6 Å². The van der Waals surface area contributed by atoms with Crippen LogP contribution in [0.1, 0.15) is 33.3 Å². The second kappa shape index (κ2) is 7.77. The lowest BCUT2D eigenvalue weighted by molar-refractivity contribution is 0.184. The maximum atomic E-state index is 12.7. The van der Waals surface area contributed by atoms with E-state index in [2.05, 4.69) is 48.1 Å². The summed E-state index contributed by atoms with van der Waals surface area (Å²) in [5.41, 5.74) is 2.16. The fourth-order valence-electron chi connectivity index (χ4n) is 3.31. The molecule has 6 heteroatoms. The number of urea groups is 1. The van der Waals surface area contributed by atoms with Gasteiger partial charge in [-0.3, -0.25) is 0 Å². The number of halogens is 1. The molecule has 2 aromatic rings. The highest BCUT2D eigenvalue weighted by Crippen LogP contribution is 2.26. The molecule has 1 aliphatic heterocycles. The summed E-state index contributed by atoms with van der Waals surface area (Å²) in [5, 5.41) is 3.65. The number of piperazine rings is 1. The molecule has 1 saturated heterocycles. The van der Waals surface area contributed by atoms with Crippen molar-refractivity contribution in [2.75, 3.05) is 29.9 Å². The van der Waals surface area contributed by atoms with Crippen LogP contribution in [0.5, 0.6) is 0 Å². The first kappa shape index (κ1) is 19.5. The highest BCUT2D eigenvalue weighted by atomic mass is 35.5. The molecular formula is C21H27ClN4O. The normalized spacial score (nSPS) is 17.7. The van der Waals surface area contributed by atoms with E-state index in [0.29, 0.717) is 24.7 Å². The molecule has 1 aliphatic rings. The monoisotopic (exact) mass is 386 g/mol. The Morgan fingerprint density at radius 2 is 1.89 bits per heavy atom. The van der Waals surface area contributed by atoms with E-state index in [9.17, 15) is 4.79 Å². The number of hydrogen-bond acceptors (Lipinski definition) is 3. The Morgan fingerprint density at radius 1 is 1.19 bits per heavy atom. The van der Waals surface area contributed by atoms with Gasteiger partial charge in [-0.15, -0.1) is 0 Å². The maximum Gasteiger partial charge on any atom is 0.322 e. The summed E-state index contributed by atoms with van der Waals surface area (Å²) in [6.07, 6.45) is 1.74. The van der Waals surface area contributed by atoms with Gasteiger partial charge in [0.05, 0.1) is 5.02 Å². The number of aromatic nitrogens is 1. The summed E-state index contributed by atoms with van der Waals surface area (Å²) in [7, 11) is 0. The standard InChI is InChI=1S/C21H27ClN4O/c1-15-14-25(19-18(22)6-5-11-23-19)12-13-26(15)20(27)24-17-9-7-16(8-10-17)21(2,3)4/h5-11,15H,12-14H2,1-4H3,(H,24,27)/t15-/m0/s1. The minimum Gasteiger partial charge on any atom is -0.352 e. The Bertz CT molecular complexity index is 801. The molecule has 0 spiro atoms. The van der Waals surface area contributed by atoms with E-state index < -0.39 is 0 Å². The molecule has 144 valence electrons. The van der Waals surface area contributed by atoms with E-state index in [0.717, 1.165) is 11.5 Å². The van der Waals surface area contributed by atoms with Crippen molar-refractivity contribution < 1.29 is 4.79 Å². The predicted molar refractivity (Wildman–Crippen MR) is 112 cm³/mol. The third-order valence-corrected chi connectivity index (χ3v) is 5.22. The maximum absolute atomic E-state index is 12.7. The second-order valence-corrected chi connectivity index (χ2v) is 8.46. The van der Waals surface area contributed by atoms with Gasteiger partial charge in [0.15, 0.2) is 0 Å². The second-order valence-electron chi connectivity index (χ2n) is 8.05. The summed E-state index contributed by atoms with van der Waals surface area (Å²) in [5.74, 6) is 0.781. The number of anilines is 2. The number of pyridine rings is 1. The Kier molecular flexibility index (Phi) is 5.61. The molecule has 5 nitrogen and oxygen atoms in total. The molecule has 1 N–H and O–H groups in total. The topological polar surface area (TPSA) is 48.5 Å². The molecule has 27 heavy (non-hydrogen) atoms. The van der Waals surface area contributed by atoms with Crippen molar-refractivity contribution in [3.05, 3.63) is 53.2 Å². The minimum absolute atomic E-state index is 0.0608. The Hall–Kier alpha value is -2.27. The average Bonchev–Trinajstić information content (AvgIpc) is 2.61. The Morgan fingerprint density at radius 3 is 2.48 bits per heavy atom. The first-order chi connectivity index (χ1) is 12.8. The zero-order chi connectivity index (χ0) is 19.6. The fraction of sp³-hybridized carbons (Fsp3) is 0.429. The molecule has 0 unspecified atom stereocenters. The third-order valence-electron chi connectivity index (χ3n) is 4.93. The lowest BCUT2D eigenvalue weighted by Crippen LogP contribution is -2.55. The molecule has 0 saturated carbocycles. The number of amides is 2. The van der Waals surface area contributed by atoms with Crippen LogP contribution in [0.15, 0.2) is 42.6 Å². The van der Waals surface area contributed by atoms with Gasteiger partial charge in [-0.2, -0.15) is 0 Å². The lowest BCUT2D eigenvalue weighted by atomic mass is 9.87. The molecule has 0 bridgehead atoms. The van der Waals surface area contributed by atoms with Gasteiger partial charge in [-0.25, -0.2) is 9.78 Å². The number of hydrogen-bond donors (Lipinski definition) is 1. The molecule has 3 rings (SSSR count). The quantitative estimate of drug-likeness (QED) is 0.808. The highest BCUT2D eigenvalue weighted by Gasteiger charge is 2.29. The zero-order valence-electron chi connectivity index (χ0n) is 16.4. The number of carbonyl (C=O) groups is 1. The lowest BCUT2D eigenvalue weighted by Gasteiger charge is -2.40. The highest BCUT2D eigenvalue weighted by molar-refractivity contribution is 6.32. The van der Waals surface area contributed by atoms with Gasteiger partial charge in [0.25, 0.3) is 0 Å². The molecule has 1 fully saturated rings. The molecule has 1 atom stereocenters. The molecular weight excluding hydrogens is 360 g/mol. The average molecular weight is 387 g/mol. The van der Waals surface area contributed by atoms with E-state index in [4.69, 9.17) is 11.6 Å². The molecule has 2 amide bonds. The van der Waals surface area contributed by atoms with Crippen molar-refractivity contribution >= 4 is 29.1 Å². The van der Waals surface area contributed by atoms with Crippen LogP contribution < -0.4 is 10.2 Å². The van der Waals surface area contributed by atoms with Crippen molar-refractivity contribution in [3.8, 4) is 0 Å². The van der Waals surface area contributed by atoms with Crippen molar-refractivity contribution in [2.45, 2.75) is 39.2 Å².